The maximum absolute atomic E-state index is 11.9. The number of aromatic amines is 1. The first-order valence-corrected chi connectivity index (χ1v) is 8.00. The number of H-pyrrole nitrogens is 1. The van der Waals surface area contributed by atoms with Gasteiger partial charge in [0.1, 0.15) is 11.0 Å². The molecule has 0 aliphatic heterocycles. The van der Waals surface area contributed by atoms with E-state index >= 15 is 0 Å². The molecule has 0 fully saturated rings. The third-order valence-electron chi connectivity index (χ3n) is 3.46. The molecule has 0 aromatic carbocycles. The summed E-state index contributed by atoms with van der Waals surface area (Å²) in [7, 11) is 0. The molecular weight excluding hydrogens is 296 g/mol. The van der Waals surface area contributed by atoms with Crippen LogP contribution in [0.1, 0.15) is 30.4 Å². The first kappa shape index (κ1) is 13.7. The van der Waals surface area contributed by atoms with Crippen LogP contribution < -0.4 is 5.56 Å². The molecular formula is C13H15ClN4OS. The van der Waals surface area contributed by atoms with Crippen LogP contribution in [-0.4, -0.2) is 19.5 Å². The summed E-state index contributed by atoms with van der Waals surface area (Å²) in [6, 6.07) is 0. The Morgan fingerprint density at radius 2 is 2.35 bits per heavy atom. The van der Waals surface area contributed by atoms with Crippen molar-refractivity contribution in [3.63, 3.8) is 0 Å². The van der Waals surface area contributed by atoms with Crippen LogP contribution >= 0.6 is 23.4 Å². The van der Waals surface area contributed by atoms with Gasteiger partial charge in [0, 0.05) is 12.1 Å². The molecule has 7 heteroatoms. The normalized spacial score (nSPS) is 13.7. The molecule has 0 amide bonds. The van der Waals surface area contributed by atoms with Gasteiger partial charge in [-0.25, -0.2) is 9.97 Å². The smallest absolute Gasteiger partial charge is 0.254 e. The Morgan fingerprint density at radius 3 is 3.15 bits per heavy atom. The predicted octanol–water partition coefficient (Wildman–Crippen LogP) is 2.42. The highest BCUT2D eigenvalue weighted by atomic mass is 35.5. The molecule has 2 aromatic heterocycles. The fraction of sp³-hybridized carbons (Fsp3) is 0.462. The van der Waals surface area contributed by atoms with E-state index in [1.165, 1.54) is 11.8 Å². The molecule has 3 rings (SSSR count). The van der Waals surface area contributed by atoms with Crippen LogP contribution in [0, 0.1) is 0 Å². The molecule has 0 radical (unpaired) electrons. The Labute approximate surface area is 125 Å². The zero-order valence-electron chi connectivity index (χ0n) is 11.1. The molecule has 106 valence electrons. The zero-order chi connectivity index (χ0) is 14.1. The SMILES string of the molecule is CCn1c(Cl)cnc1CSc1nc2c(c(=O)[nH]1)CCC2. The van der Waals surface area contributed by atoms with Gasteiger partial charge in [0.2, 0.25) is 0 Å². The van der Waals surface area contributed by atoms with Gasteiger partial charge in [-0.1, -0.05) is 23.4 Å². The van der Waals surface area contributed by atoms with Crippen molar-refractivity contribution >= 4 is 23.4 Å². The van der Waals surface area contributed by atoms with E-state index < -0.39 is 0 Å². The van der Waals surface area contributed by atoms with Gasteiger partial charge in [0.25, 0.3) is 5.56 Å². The standard InChI is InChI=1S/C13H15ClN4OS/c1-2-18-10(14)6-15-11(18)7-20-13-16-9-5-3-4-8(9)12(19)17-13/h6H,2-5,7H2,1H3,(H,16,17,19). The van der Waals surface area contributed by atoms with E-state index in [2.05, 4.69) is 15.0 Å². The summed E-state index contributed by atoms with van der Waals surface area (Å²) < 4.78 is 1.94. The van der Waals surface area contributed by atoms with E-state index in [0.717, 1.165) is 42.9 Å². The monoisotopic (exact) mass is 310 g/mol. The lowest BCUT2D eigenvalue weighted by Crippen LogP contribution is -2.15. The highest BCUT2D eigenvalue weighted by Gasteiger charge is 2.17. The second kappa shape index (κ2) is 5.61. The summed E-state index contributed by atoms with van der Waals surface area (Å²) >= 11 is 7.53. The summed E-state index contributed by atoms with van der Waals surface area (Å²) in [6.45, 7) is 2.81. The van der Waals surface area contributed by atoms with Gasteiger partial charge in [-0.15, -0.1) is 0 Å². The summed E-state index contributed by atoms with van der Waals surface area (Å²) in [5, 5.41) is 1.30. The van der Waals surface area contributed by atoms with Crippen molar-refractivity contribution in [2.45, 2.75) is 43.6 Å². The minimum atomic E-state index is 0.00636. The number of halogens is 1. The van der Waals surface area contributed by atoms with Crippen molar-refractivity contribution in [1.82, 2.24) is 19.5 Å². The summed E-state index contributed by atoms with van der Waals surface area (Å²) in [5.41, 5.74) is 1.81. The van der Waals surface area contributed by atoms with Gasteiger partial charge in [0.15, 0.2) is 5.16 Å². The van der Waals surface area contributed by atoms with E-state index in [-0.39, 0.29) is 5.56 Å². The fourth-order valence-corrected chi connectivity index (χ4v) is 3.56. The quantitative estimate of drug-likeness (QED) is 0.696. The number of rotatable bonds is 4. The molecule has 20 heavy (non-hydrogen) atoms. The highest BCUT2D eigenvalue weighted by Crippen LogP contribution is 2.23. The van der Waals surface area contributed by atoms with E-state index in [0.29, 0.717) is 16.1 Å². The number of thioether (sulfide) groups is 1. The number of hydrogen-bond donors (Lipinski definition) is 1. The van der Waals surface area contributed by atoms with Crippen LogP contribution in [0.2, 0.25) is 5.15 Å². The number of aryl methyl sites for hydroxylation is 1. The number of nitrogens with one attached hydrogen (secondary N) is 1. The first-order chi connectivity index (χ1) is 9.69. The van der Waals surface area contributed by atoms with Crippen molar-refractivity contribution < 1.29 is 0 Å². The number of nitrogens with zero attached hydrogens (tertiary/aromatic N) is 3. The molecule has 1 N–H and O–H groups in total. The Bertz CT molecular complexity index is 694. The Balaban J connectivity index is 1.79. The maximum Gasteiger partial charge on any atom is 0.254 e. The molecule has 2 heterocycles. The average molecular weight is 311 g/mol. The molecule has 1 aliphatic carbocycles. The first-order valence-electron chi connectivity index (χ1n) is 6.63. The molecule has 0 unspecified atom stereocenters. The van der Waals surface area contributed by atoms with Gasteiger partial charge >= 0.3 is 0 Å². The minimum Gasteiger partial charge on any atom is -0.319 e. The Morgan fingerprint density at radius 1 is 1.50 bits per heavy atom. The Hall–Kier alpha value is -1.27. The van der Waals surface area contributed by atoms with Crippen LogP contribution in [0.4, 0.5) is 0 Å². The second-order valence-electron chi connectivity index (χ2n) is 4.68. The summed E-state index contributed by atoms with van der Waals surface area (Å²) in [6.07, 6.45) is 4.43. The summed E-state index contributed by atoms with van der Waals surface area (Å²) in [5.74, 6) is 1.54. The Kier molecular flexibility index (Phi) is 3.85. The topological polar surface area (TPSA) is 63.6 Å². The van der Waals surface area contributed by atoms with Gasteiger partial charge < -0.3 is 9.55 Å². The second-order valence-corrected chi connectivity index (χ2v) is 6.03. The molecule has 1 aliphatic rings. The van der Waals surface area contributed by atoms with Gasteiger partial charge in [-0.2, -0.15) is 0 Å². The van der Waals surface area contributed by atoms with E-state index in [9.17, 15) is 4.79 Å². The molecule has 0 saturated heterocycles. The van der Waals surface area contributed by atoms with Crippen molar-refractivity contribution in [1.29, 1.82) is 0 Å². The lowest BCUT2D eigenvalue weighted by atomic mass is 10.3. The van der Waals surface area contributed by atoms with E-state index in [1.54, 1.807) is 6.20 Å². The van der Waals surface area contributed by atoms with Crippen LogP contribution in [-0.2, 0) is 25.1 Å². The average Bonchev–Trinajstić information content (AvgIpc) is 3.03. The van der Waals surface area contributed by atoms with Gasteiger partial charge in [-0.3, -0.25) is 4.79 Å². The highest BCUT2D eigenvalue weighted by molar-refractivity contribution is 7.98. The molecule has 0 atom stereocenters. The van der Waals surface area contributed by atoms with E-state index in [1.807, 2.05) is 11.5 Å². The van der Waals surface area contributed by atoms with Crippen LogP contribution in [0.3, 0.4) is 0 Å². The van der Waals surface area contributed by atoms with Crippen LogP contribution in [0.5, 0.6) is 0 Å². The number of hydrogen-bond acceptors (Lipinski definition) is 4. The van der Waals surface area contributed by atoms with Gasteiger partial charge in [0.05, 0.1) is 17.6 Å². The van der Waals surface area contributed by atoms with Crippen molar-refractivity contribution in [2.24, 2.45) is 0 Å². The third kappa shape index (κ3) is 2.50. The van der Waals surface area contributed by atoms with Crippen molar-refractivity contribution in [3.05, 3.63) is 38.8 Å². The fourth-order valence-electron chi connectivity index (χ4n) is 2.46. The predicted molar refractivity (Wildman–Crippen MR) is 79.4 cm³/mol. The number of aromatic nitrogens is 4. The largest absolute Gasteiger partial charge is 0.319 e. The molecule has 0 saturated carbocycles. The van der Waals surface area contributed by atoms with Crippen LogP contribution in [0.25, 0.3) is 0 Å². The lowest BCUT2D eigenvalue weighted by Gasteiger charge is -2.06. The number of fused-ring (bicyclic) bond motifs is 1. The van der Waals surface area contributed by atoms with E-state index in [4.69, 9.17) is 11.6 Å². The number of imidazole rings is 1. The molecule has 0 bridgehead atoms. The minimum absolute atomic E-state index is 0.00636. The molecule has 5 nitrogen and oxygen atoms in total. The maximum atomic E-state index is 11.9. The summed E-state index contributed by atoms with van der Waals surface area (Å²) in [4.78, 5) is 23.6. The zero-order valence-corrected chi connectivity index (χ0v) is 12.7. The molecule has 0 spiro atoms. The third-order valence-corrected chi connectivity index (χ3v) is 4.63. The molecule has 2 aromatic rings. The van der Waals surface area contributed by atoms with Crippen molar-refractivity contribution in [2.75, 3.05) is 0 Å². The van der Waals surface area contributed by atoms with Gasteiger partial charge in [-0.05, 0) is 26.2 Å². The van der Waals surface area contributed by atoms with Crippen LogP contribution in [0.15, 0.2) is 16.1 Å². The van der Waals surface area contributed by atoms with Crippen molar-refractivity contribution in [3.8, 4) is 0 Å². The lowest BCUT2D eigenvalue weighted by molar-refractivity contribution is 0.726.